The number of aromatic amines is 1. The molecule has 0 spiro atoms. The van der Waals surface area contributed by atoms with Crippen LogP contribution in [0, 0.1) is 18.3 Å². The van der Waals surface area contributed by atoms with Gasteiger partial charge in [-0.3, -0.25) is 0 Å². The number of H-pyrrole nitrogens is 1. The van der Waals surface area contributed by atoms with Crippen LogP contribution >= 0.6 is 24.0 Å². The predicted molar refractivity (Wildman–Crippen MR) is 130 cm³/mol. The zero-order valence-electron chi connectivity index (χ0n) is 17.6. The van der Waals surface area contributed by atoms with Crippen LogP contribution in [0.3, 0.4) is 0 Å². The van der Waals surface area contributed by atoms with Crippen LogP contribution in [0.1, 0.15) is 22.5 Å². The average molecular weight is 466 g/mol. The summed E-state index contributed by atoms with van der Waals surface area (Å²) in [6.07, 6.45) is 1.77. The van der Waals surface area contributed by atoms with Gasteiger partial charge in [0.15, 0.2) is 11.5 Å². The SMILES string of the molecule is COc1cc(/C=C(\C#N)c2nc3ccc(C)cc3[nH]2)ccc1OCc1ccccc1Cl.Cl. The lowest BCUT2D eigenvalue weighted by Gasteiger charge is -2.12. The summed E-state index contributed by atoms with van der Waals surface area (Å²) >= 11 is 6.20. The van der Waals surface area contributed by atoms with E-state index in [1.165, 1.54) is 0 Å². The van der Waals surface area contributed by atoms with E-state index in [-0.39, 0.29) is 12.4 Å². The summed E-state index contributed by atoms with van der Waals surface area (Å²) in [7, 11) is 1.58. The fourth-order valence-corrected chi connectivity index (χ4v) is 3.43. The Kier molecular flexibility index (Phi) is 7.42. The summed E-state index contributed by atoms with van der Waals surface area (Å²) in [6, 6.07) is 21.2. The van der Waals surface area contributed by atoms with Crippen molar-refractivity contribution >= 4 is 46.7 Å². The lowest BCUT2D eigenvalue weighted by molar-refractivity contribution is 0.284. The number of aryl methyl sites for hydroxylation is 1. The van der Waals surface area contributed by atoms with Gasteiger partial charge in [0.25, 0.3) is 0 Å². The highest BCUT2D eigenvalue weighted by molar-refractivity contribution is 6.31. The fraction of sp³-hybridized carbons (Fsp3) is 0.120. The first-order valence-corrected chi connectivity index (χ1v) is 10.1. The molecule has 0 aliphatic heterocycles. The number of nitrogens with one attached hydrogen (secondary N) is 1. The first-order chi connectivity index (χ1) is 15.1. The number of halogens is 2. The van der Waals surface area contributed by atoms with Crippen LogP contribution in [0.25, 0.3) is 22.7 Å². The second-order valence-corrected chi connectivity index (χ2v) is 7.47. The van der Waals surface area contributed by atoms with E-state index in [1.807, 2.05) is 67.6 Å². The number of methoxy groups -OCH3 is 1. The van der Waals surface area contributed by atoms with E-state index in [9.17, 15) is 5.26 Å². The predicted octanol–water partition coefficient (Wildman–Crippen LogP) is 6.60. The Balaban J connectivity index is 0.00000289. The van der Waals surface area contributed by atoms with E-state index in [0.29, 0.717) is 34.5 Å². The maximum Gasteiger partial charge on any atom is 0.161 e. The smallest absolute Gasteiger partial charge is 0.161 e. The van der Waals surface area contributed by atoms with Crippen LogP contribution in [0.5, 0.6) is 11.5 Å². The minimum absolute atomic E-state index is 0. The van der Waals surface area contributed by atoms with E-state index < -0.39 is 0 Å². The largest absolute Gasteiger partial charge is 0.493 e. The Hall–Kier alpha value is -3.46. The summed E-state index contributed by atoms with van der Waals surface area (Å²) in [4.78, 5) is 7.76. The van der Waals surface area contributed by atoms with Gasteiger partial charge in [-0.05, 0) is 54.5 Å². The van der Waals surface area contributed by atoms with Gasteiger partial charge in [0.2, 0.25) is 0 Å². The van der Waals surface area contributed by atoms with E-state index in [1.54, 1.807) is 13.2 Å². The molecule has 7 heteroatoms. The molecule has 0 amide bonds. The number of benzene rings is 3. The van der Waals surface area contributed by atoms with Gasteiger partial charge in [-0.2, -0.15) is 5.26 Å². The summed E-state index contributed by atoms with van der Waals surface area (Å²) in [6.45, 7) is 2.34. The molecule has 1 aromatic heterocycles. The van der Waals surface area contributed by atoms with E-state index in [0.717, 1.165) is 27.7 Å². The average Bonchev–Trinajstić information content (AvgIpc) is 3.20. The Morgan fingerprint density at radius 2 is 1.94 bits per heavy atom. The molecular weight excluding hydrogens is 445 g/mol. The number of imidazole rings is 1. The van der Waals surface area contributed by atoms with Crippen LogP contribution in [0.15, 0.2) is 60.7 Å². The number of allylic oxidation sites excluding steroid dienone is 1. The Bertz CT molecular complexity index is 1320. The van der Waals surface area contributed by atoms with Crippen molar-refractivity contribution in [2.45, 2.75) is 13.5 Å². The van der Waals surface area contributed by atoms with Gasteiger partial charge in [-0.25, -0.2) is 4.98 Å². The number of rotatable bonds is 6. The lowest BCUT2D eigenvalue weighted by Crippen LogP contribution is -1.98. The maximum absolute atomic E-state index is 9.69. The van der Waals surface area contributed by atoms with Crippen LogP contribution < -0.4 is 9.47 Å². The van der Waals surface area contributed by atoms with Crippen LogP contribution in [0.4, 0.5) is 0 Å². The van der Waals surface area contributed by atoms with Gasteiger partial charge < -0.3 is 14.5 Å². The van der Waals surface area contributed by atoms with Crippen molar-refractivity contribution in [3.05, 3.63) is 88.2 Å². The third kappa shape index (κ3) is 5.05. The van der Waals surface area contributed by atoms with Crippen LogP contribution in [-0.4, -0.2) is 17.1 Å². The van der Waals surface area contributed by atoms with Crippen molar-refractivity contribution in [2.24, 2.45) is 0 Å². The number of hydrogen-bond acceptors (Lipinski definition) is 4. The monoisotopic (exact) mass is 465 g/mol. The zero-order valence-corrected chi connectivity index (χ0v) is 19.1. The molecule has 4 rings (SSSR count). The van der Waals surface area contributed by atoms with Crippen molar-refractivity contribution in [1.82, 2.24) is 9.97 Å². The van der Waals surface area contributed by atoms with Crippen molar-refractivity contribution < 1.29 is 9.47 Å². The number of aromatic nitrogens is 2. The second kappa shape index (κ2) is 10.2. The topological polar surface area (TPSA) is 70.9 Å². The molecule has 0 unspecified atom stereocenters. The van der Waals surface area contributed by atoms with Crippen LogP contribution in [-0.2, 0) is 6.61 Å². The van der Waals surface area contributed by atoms with Crippen molar-refractivity contribution in [1.29, 1.82) is 5.26 Å². The number of fused-ring (bicyclic) bond motifs is 1. The molecule has 0 fully saturated rings. The highest BCUT2D eigenvalue weighted by atomic mass is 35.5. The van der Waals surface area contributed by atoms with Gasteiger partial charge >= 0.3 is 0 Å². The third-order valence-corrected chi connectivity index (χ3v) is 5.22. The molecule has 0 atom stereocenters. The molecule has 0 saturated heterocycles. The molecule has 4 aromatic rings. The molecule has 0 bridgehead atoms. The third-order valence-electron chi connectivity index (χ3n) is 4.85. The molecule has 1 heterocycles. The first-order valence-electron chi connectivity index (χ1n) is 9.70. The van der Waals surface area contributed by atoms with E-state index >= 15 is 0 Å². The van der Waals surface area contributed by atoms with Crippen molar-refractivity contribution in [3.63, 3.8) is 0 Å². The summed E-state index contributed by atoms with van der Waals surface area (Å²) in [5, 5.41) is 10.3. The molecule has 0 aliphatic carbocycles. The molecule has 0 radical (unpaired) electrons. The van der Waals surface area contributed by atoms with Gasteiger partial charge in [-0.1, -0.05) is 41.9 Å². The summed E-state index contributed by atoms with van der Waals surface area (Å²) < 4.78 is 11.4. The maximum atomic E-state index is 9.69. The normalized spacial score (nSPS) is 11.0. The number of ether oxygens (including phenoxy) is 2. The quantitative estimate of drug-likeness (QED) is 0.325. The number of nitriles is 1. The fourth-order valence-electron chi connectivity index (χ4n) is 3.24. The van der Waals surface area contributed by atoms with E-state index in [2.05, 4.69) is 16.0 Å². The molecule has 5 nitrogen and oxygen atoms in total. The van der Waals surface area contributed by atoms with Crippen molar-refractivity contribution in [3.8, 4) is 17.6 Å². The molecule has 32 heavy (non-hydrogen) atoms. The second-order valence-electron chi connectivity index (χ2n) is 7.07. The molecular formula is C25H21Cl2N3O2. The highest BCUT2D eigenvalue weighted by Gasteiger charge is 2.11. The molecule has 0 aliphatic rings. The summed E-state index contributed by atoms with van der Waals surface area (Å²) in [5.41, 5.74) is 4.97. The lowest BCUT2D eigenvalue weighted by atomic mass is 10.1. The minimum atomic E-state index is 0. The highest BCUT2D eigenvalue weighted by Crippen LogP contribution is 2.31. The Labute approximate surface area is 197 Å². The zero-order chi connectivity index (χ0) is 21.8. The van der Waals surface area contributed by atoms with Gasteiger partial charge in [0, 0.05) is 10.6 Å². The number of nitrogens with zero attached hydrogens (tertiary/aromatic N) is 2. The van der Waals surface area contributed by atoms with Crippen molar-refractivity contribution in [2.75, 3.05) is 7.11 Å². The minimum Gasteiger partial charge on any atom is -0.493 e. The summed E-state index contributed by atoms with van der Waals surface area (Å²) in [5.74, 6) is 1.69. The molecule has 1 N–H and O–H groups in total. The standard InChI is InChI=1S/C25H20ClN3O2.ClH/c1-16-7-9-21-22(11-16)29-25(28-21)19(14-27)12-17-8-10-23(24(13-17)30-2)31-15-18-5-3-4-6-20(18)26;/h3-13H,15H2,1-2H3,(H,28,29);1H/b19-12+;. The Morgan fingerprint density at radius 3 is 2.69 bits per heavy atom. The Morgan fingerprint density at radius 1 is 1.12 bits per heavy atom. The van der Waals surface area contributed by atoms with Gasteiger partial charge in [0.05, 0.1) is 23.7 Å². The van der Waals surface area contributed by atoms with Gasteiger partial charge in [0.1, 0.15) is 18.5 Å². The van der Waals surface area contributed by atoms with E-state index in [4.69, 9.17) is 21.1 Å². The molecule has 0 saturated carbocycles. The van der Waals surface area contributed by atoms with Gasteiger partial charge in [-0.15, -0.1) is 12.4 Å². The molecule has 3 aromatic carbocycles. The molecule has 162 valence electrons. The first kappa shape index (κ1) is 23.2. The van der Waals surface area contributed by atoms with Crippen LogP contribution in [0.2, 0.25) is 5.02 Å². The number of hydrogen-bond donors (Lipinski definition) is 1.